The lowest BCUT2D eigenvalue weighted by Gasteiger charge is -2.24. The van der Waals surface area contributed by atoms with Crippen LogP contribution in [0.3, 0.4) is 0 Å². The average molecular weight is 468 g/mol. The van der Waals surface area contributed by atoms with Crippen molar-refractivity contribution in [1.82, 2.24) is 9.55 Å². The number of nitrogens with zero attached hydrogens (tertiary/aromatic N) is 3. The number of benzene rings is 3. The first-order chi connectivity index (χ1) is 16.4. The lowest BCUT2D eigenvalue weighted by Crippen LogP contribution is -2.24. The first kappa shape index (κ1) is 22.2. The van der Waals surface area contributed by atoms with Crippen LogP contribution in [0.5, 0.6) is 0 Å². The number of para-hydroxylation sites is 3. The number of likely N-dealkylation sites (N-methyl/N-ethyl adjacent to an activating group) is 1. The molecule has 0 unspecified atom stereocenters. The number of fused-ring (bicyclic) bond motifs is 2. The fraction of sp³-hybridized carbons (Fsp3) is 0.179. The van der Waals surface area contributed by atoms with Crippen LogP contribution in [0.2, 0.25) is 0 Å². The molecule has 1 aliphatic heterocycles. The lowest BCUT2D eigenvalue weighted by molar-refractivity contribution is -0.112. The zero-order valence-corrected chi connectivity index (χ0v) is 20.2. The Balaban J connectivity index is 1.48. The van der Waals surface area contributed by atoms with Gasteiger partial charge in [-0.15, -0.1) is 0 Å². The van der Waals surface area contributed by atoms with Crippen molar-refractivity contribution in [3.05, 3.63) is 107 Å². The van der Waals surface area contributed by atoms with Crippen LogP contribution >= 0.6 is 11.8 Å². The van der Waals surface area contributed by atoms with Gasteiger partial charge in [-0.25, -0.2) is 4.98 Å². The average Bonchev–Trinajstić information content (AvgIpc) is 3.04. The van der Waals surface area contributed by atoms with E-state index in [1.54, 1.807) is 16.7 Å². The number of anilines is 1. The van der Waals surface area contributed by atoms with E-state index in [-0.39, 0.29) is 22.5 Å². The SMILES string of the molecule is CN1C(=CC(=O)CSc2nc3ccccc3c(=O)n2-c2ccccc2)C(C)(C)c2ccccc21. The molecule has 0 bridgehead atoms. The van der Waals surface area contributed by atoms with Crippen LogP contribution in [-0.2, 0) is 10.2 Å². The minimum absolute atomic E-state index is 0.0187. The molecule has 0 N–H and O–H groups in total. The monoisotopic (exact) mass is 467 g/mol. The summed E-state index contributed by atoms with van der Waals surface area (Å²) < 4.78 is 1.59. The molecule has 0 saturated heterocycles. The Morgan fingerprint density at radius 3 is 2.41 bits per heavy atom. The molecule has 0 radical (unpaired) electrons. The number of allylic oxidation sites excluding steroid dienone is 2. The van der Waals surface area contributed by atoms with Gasteiger partial charge in [-0.1, -0.05) is 74.1 Å². The van der Waals surface area contributed by atoms with Crippen molar-refractivity contribution < 1.29 is 4.79 Å². The van der Waals surface area contributed by atoms with E-state index in [0.717, 1.165) is 17.1 Å². The molecule has 6 heteroatoms. The summed E-state index contributed by atoms with van der Waals surface area (Å²) in [5.41, 5.74) is 4.24. The second kappa shape index (κ2) is 8.61. The van der Waals surface area contributed by atoms with E-state index in [4.69, 9.17) is 4.98 Å². The van der Waals surface area contributed by atoms with Gasteiger partial charge < -0.3 is 4.90 Å². The van der Waals surface area contributed by atoms with Crippen molar-refractivity contribution in [2.75, 3.05) is 17.7 Å². The highest BCUT2D eigenvalue weighted by Crippen LogP contribution is 2.46. The van der Waals surface area contributed by atoms with Crippen LogP contribution < -0.4 is 10.5 Å². The summed E-state index contributed by atoms with van der Waals surface area (Å²) in [4.78, 5) is 33.3. The van der Waals surface area contributed by atoms with Crippen molar-refractivity contribution in [2.45, 2.75) is 24.4 Å². The van der Waals surface area contributed by atoms with Gasteiger partial charge in [0.15, 0.2) is 10.9 Å². The molecule has 170 valence electrons. The molecule has 0 fully saturated rings. The van der Waals surface area contributed by atoms with Gasteiger partial charge in [0.1, 0.15) is 0 Å². The van der Waals surface area contributed by atoms with Gasteiger partial charge in [0.2, 0.25) is 0 Å². The van der Waals surface area contributed by atoms with Crippen molar-refractivity contribution in [3.63, 3.8) is 0 Å². The normalized spacial score (nSPS) is 15.6. The predicted molar refractivity (Wildman–Crippen MR) is 139 cm³/mol. The first-order valence-electron chi connectivity index (χ1n) is 11.2. The maximum Gasteiger partial charge on any atom is 0.266 e. The van der Waals surface area contributed by atoms with Crippen molar-refractivity contribution in [2.24, 2.45) is 0 Å². The molecule has 4 aromatic rings. The van der Waals surface area contributed by atoms with Crippen molar-refractivity contribution >= 4 is 34.1 Å². The van der Waals surface area contributed by atoms with Gasteiger partial charge in [-0.3, -0.25) is 14.2 Å². The Morgan fingerprint density at radius 1 is 0.971 bits per heavy atom. The second-order valence-electron chi connectivity index (χ2n) is 8.87. The van der Waals surface area contributed by atoms with Crippen molar-refractivity contribution in [3.8, 4) is 5.69 Å². The predicted octanol–water partition coefficient (Wildman–Crippen LogP) is 5.36. The van der Waals surface area contributed by atoms with Gasteiger partial charge in [0.25, 0.3) is 5.56 Å². The van der Waals surface area contributed by atoms with E-state index >= 15 is 0 Å². The highest BCUT2D eigenvalue weighted by molar-refractivity contribution is 7.99. The molecule has 0 amide bonds. The van der Waals surface area contributed by atoms with Crippen LogP contribution in [0, 0.1) is 0 Å². The summed E-state index contributed by atoms with van der Waals surface area (Å²) >= 11 is 1.29. The first-order valence-corrected chi connectivity index (χ1v) is 12.1. The summed E-state index contributed by atoms with van der Waals surface area (Å²) in [6, 6.07) is 25.0. The smallest absolute Gasteiger partial charge is 0.266 e. The van der Waals surface area contributed by atoms with Crippen LogP contribution in [-0.4, -0.2) is 28.1 Å². The van der Waals surface area contributed by atoms with Gasteiger partial charge in [0.05, 0.1) is 22.3 Å². The third-order valence-corrected chi connectivity index (χ3v) is 7.30. The summed E-state index contributed by atoms with van der Waals surface area (Å²) in [6.45, 7) is 4.28. The number of ketones is 1. The minimum atomic E-state index is -0.265. The molecular formula is C28H25N3O2S. The van der Waals surface area contributed by atoms with E-state index in [2.05, 4.69) is 30.9 Å². The van der Waals surface area contributed by atoms with E-state index in [0.29, 0.717) is 16.1 Å². The Bertz CT molecular complexity index is 1490. The van der Waals surface area contributed by atoms with Crippen LogP contribution in [0.1, 0.15) is 19.4 Å². The highest BCUT2D eigenvalue weighted by atomic mass is 32.2. The van der Waals surface area contributed by atoms with Crippen LogP contribution in [0.25, 0.3) is 16.6 Å². The molecule has 0 spiro atoms. The second-order valence-corrected chi connectivity index (χ2v) is 9.82. The standard InChI is InChI=1S/C28H25N3O2S/c1-28(2)22-14-8-10-16-24(22)30(3)25(28)17-20(32)18-34-27-29-23-15-9-7-13-21(23)26(33)31(27)19-11-5-4-6-12-19/h4-17H,18H2,1-3H3. The fourth-order valence-electron chi connectivity index (χ4n) is 4.60. The maximum atomic E-state index is 13.3. The number of hydrogen-bond donors (Lipinski definition) is 0. The van der Waals surface area contributed by atoms with E-state index in [1.807, 2.05) is 67.7 Å². The number of carbonyl (C=O) groups is 1. The zero-order chi connectivity index (χ0) is 23.9. The van der Waals surface area contributed by atoms with Gasteiger partial charge >= 0.3 is 0 Å². The molecule has 0 atom stereocenters. The third-order valence-electron chi connectivity index (χ3n) is 6.34. The molecular weight excluding hydrogens is 442 g/mol. The van der Waals surface area contributed by atoms with Gasteiger partial charge in [-0.2, -0.15) is 0 Å². The molecule has 0 saturated carbocycles. The number of rotatable bonds is 5. The quantitative estimate of drug-likeness (QED) is 0.225. The summed E-state index contributed by atoms with van der Waals surface area (Å²) in [7, 11) is 2.00. The molecule has 34 heavy (non-hydrogen) atoms. The Labute approximate surface area is 202 Å². The van der Waals surface area contributed by atoms with E-state index in [1.165, 1.54) is 17.3 Å². The largest absolute Gasteiger partial charge is 0.347 e. The number of hydrogen-bond acceptors (Lipinski definition) is 5. The molecule has 1 aromatic heterocycles. The van der Waals surface area contributed by atoms with Gasteiger partial charge in [-0.05, 0) is 35.9 Å². The molecule has 0 aliphatic carbocycles. The third kappa shape index (κ3) is 3.74. The Morgan fingerprint density at radius 2 is 1.65 bits per heavy atom. The number of carbonyl (C=O) groups excluding carboxylic acids is 1. The molecule has 3 aromatic carbocycles. The molecule has 5 nitrogen and oxygen atoms in total. The van der Waals surface area contributed by atoms with E-state index < -0.39 is 0 Å². The zero-order valence-electron chi connectivity index (χ0n) is 19.4. The van der Waals surface area contributed by atoms with E-state index in [9.17, 15) is 9.59 Å². The summed E-state index contributed by atoms with van der Waals surface area (Å²) in [5.74, 6) is 0.163. The highest BCUT2D eigenvalue weighted by Gasteiger charge is 2.38. The summed E-state index contributed by atoms with van der Waals surface area (Å²) in [5, 5.41) is 1.06. The maximum absolute atomic E-state index is 13.3. The topological polar surface area (TPSA) is 55.2 Å². The van der Waals surface area contributed by atoms with Gasteiger partial charge in [0, 0.05) is 29.9 Å². The number of aromatic nitrogens is 2. The Kier molecular flexibility index (Phi) is 5.62. The lowest BCUT2D eigenvalue weighted by atomic mass is 9.83. The molecule has 2 heterocycles. The minimum Gasteiger partial charge on any atom is -0.347 e. The molecule has 5 rings (SSSR count). The van der Waals surface area contributed by atoms with Crippen molar-refractivity contribution in [1.29, 1.82) is 0 Å². The fourth-order valence-corrected chi connectivity index (χ4v) is 5.44. The van der Waals surface area contributed by atoms with Crippen LogP contribution in [0.15, 0.2) is 101 Å². The summed E-state index contributed by atoms with van der Waals surface area (Å²) in [6.07, 6.45) is 1.74. The molecule has 1 aliphatic rings. The Hall–Kier alpha value is -3.64. The van der Waals surface area contributed by atoms with Crippen LogP contribution in [0.4, 0.5) is 5.69 Å². The number of thioether (sulfide) groups is 1.